The average molecular weight is 468 g/mol. The van der Waals surface area contributed by atoms with Crippen molar-refractivity contribution in [2.45, 2.75) is 26.4 Å². The fourth-order valence-corrected chi connectivity index (χ4v) is 4.87. The molecule has 0 spiro atoms. The molecule has 0 radical (unpaired) electrons. The minimum absolute atomic E-state index is 0.139. The first-order valence-electron chi connectivity index (χ1n) is 10.2. The molecule has 1 atom stereocenters. The van der Waals surface area contributed by atoms with E-state index in [9.17, 15) is 9.18 Å². The molecule has 0 saturated carbocycles. The molecule has 4 aromatic rings. The number of hydrogen-bond donors (Lipinski definition) is 0. The van der Waals surface area contributed by atoms with E-state index in [2.05, 4.69) is 13.9 Å². The molecule has 0 N–H and O–H groups in total. The van der Waals surface area contributed by atoms with Crippen LogP contribution in [0, 0.1) is 12.7 Å². The van der Waals surface area contributed by atoms with E-state index in [1.54, 1.807) is 4.90 Å². The number of amides is 1. The van der Waals surface area contributed by atoms with Crippen LogP contribution in [0.25, 0.3) is 22.1 Å². The van der Waals surface area contributed by atoms with Crippen molar-refractivity contribution in [1.82, 2.24) is 23.8 Å². The van der Waals surface area contributed by atoms with Crippen LogP contribution in [0.15, 0.2) is 48.5 Å². The lowest BCUT2D eigenvalue weighted by Gasteiger charge is -2.35. The van der Waals surface area contributed by atoms with Crippen molar-refractivity contribution in [2.75, 3.05) is 6.54 Å². The smallest absolute Gasteiger partial charge is 0.254 e. The van der Waals surface area contributed by atoms with Crippen LogP contribution >= 0.6 is 23.1 Å². The number of aryl methyl sites for hydroxylation is 1. The maximum atomic E-state index is 13.3. The number of hydrogen-bond acceptors (Lipinski definition) is 5. The SMILES string of the molecule is Cc1nsc(-c2nc(-c3ccc(Cl)cc3)c3n2CCN(C(=O)c2ccc(F)cc2)[C@@H]3C)n1. The predicted molar refractivity (Wildman–Crippen MR) is 122 cm³/mol. The predicted octanol–water partition coefficient (Wildman–Crippen LogP) is 5.39. The molecule has 3 heterocycles. The Morgan fingerprint density at radius 3 is 2.47 bits per heavy atom. The van der Waals surface area contributed by atoms with Gasteiger partial charge in [0.15, 0.2) is 10.8 Å². The first kappa shape index (κ1) is 20.8. The van der Waals surface area contributed by atoms with Crippen LogP contribution < -0.4 is 0 Å². The van der Waals surface area contributed by atoms with E-state index in [-0.39, 0.29) is 17.8 Å². The molecule has 0 aliphatic carbocycles. The maximum absolute atomic E-state index is 13.3. The molecule has 2 aromatic carbocycles. The number of rotatable bonds is 3. The van der Waals surface area contributed by atoms with E-state index in [4.69, 9.17) is 16.6 Å². The van der Waals surface area contributed by atoms with Crippen molar-refractivity contribution >= 4 is 29.0 Å². The Kier molecular flexibility index (Phi) is 5.27. The summed E-state index contributed by atoms with van der Waals surface area (Å²) in [4.78, 5) is 24.5. The Morgan fingerprint density at radius 1 is 1.09 bits per heavy atom. The normalized spacial score (nSPS) is 15.6. The molecule has 0 unspecified atom stereocenters. The summed E-state index contributed by atoms with van der Waals surface area (Å²) in [5, 5.41) is 1.39. The fraction of sp³-hybridized carbons (Fsp3) is 0.217. The lowest BCUT2D eigenvalue weighted by molar-refractivity contribution is 0.0645. The lowest BCUT2D eigenvalue weighted by atomic mass is 10.0. The molecule has 0 fully saturated rings. The van der Waals surface area contributed by atoms with Crippen molar-refractivity contribution < 1.29 is 9.18 Å². The fourth-order valence-electron chi connectivity index (χ4n) is 4.07. The molecule has 1 aliphatic rings. The second-order valence-corrected chi connectivity index (χ2v) is 8.84. The van der Waals surface area contributed by atoms with Crippen LogP contribution in [0.2, 0.25) is 5.02 Å². The monoisotopic (exact) mass is 467 g/mol. The van der Waals surface area contributed by atoms with Crippen molar-refractivity contribution in [2.24, 2.45) is 0 Å². The number of nitrogens with zero attached hydrogens (tertiary/aromatic N) is 5. The van der Waals surface area contributed by atoms with Gasteiger partial charge in [-0.3, -0.25) is 4.79 Å². The number of benzene rings is 2. The lowest BCUT2D eigenvalue weighted by Crippen LogP contribution is -2.41. The van der Waals surface area contributed by atoms with Gasteiger partial charge in [-0.15, -0.1) is 0 Å². The highest BCUT2D eigenvalue weighted by molar-refractivity contribution is 7.09. The molecule has 0 bridgehead atoms. The van der Waals surface area contributed by atoms with E-state index < -0.39 is 0 Å². The van der Waals surface area contributed by atoms with Gasteiger partial charge in [0.05, 0.1) is 17.4 Å². The number of imidazole rings is 1. The second kappa shape index (κ2) is 8.11. The molecule has 6 nitrogen and oxygen atoms in total. The van der Waals surface area contributed by atoms with Crippen LogP contribution in [-0.2, 0) is 6.54 Å². The van der Waals surface area contributed by atoms with Gasteiger partial charge in [0.1, 0.15) is 11.6 Å². The van der Waals surface area contributed by atoms with Gasteiger partial charge in [-0.05, 0) is 61.8 Å². The molecule has 5 rings (SSSR count). The first-order chi connectivity index (χ1) is 15.4. The molecule has 1 aliphatic heterocycles. The molecule has 0 saturated heterocycles. The zero-order valence-electron chi connectivity index (χ0n) is 17.4. The van der Waals surface area contributed by atoms with E-state index in [1.807, 2.05) is 38.1 Å². The number of carbonyl (C=O) groups is 1. The summed E-state index contributed by atoms with van der Waals surface area (Å²) in [5.41, 5.74) is 3.08. The standard InChI is InChI=1S/C23H19ClFN5OS/c1-13-20-19(15-3-7-17(24)8-4-15)27-21(22-26-14(2)28-32-22)30(20)12-11-29(13)23(31)16-5-9-18(25)10-6-16/h3-10,13H,11-12H2,1-2H3/t13-/m1/s1. The summed E-state index contributed by atoms with van der Waals surface area (Å²) in [6.45, 7) is 4.92. The quantitative estimate of drug-likeness (QED) is 0.405. The van der Waals surface area contributed by atoms with Crippen molar-refractivity contribution in [3.05, 3.63) is 76.5 Å². The van der Waals surface area contributed by atoms with Crippen LogP contribution in [0.4, 0.5) is 4.39 Å². The van der Waals surface area contributed by atoms with Gasteiger partial charge >= 0.3 is 0 Å². The molecule has 1 amide bonds. The number of halogens is 2. The van der Waals surface area contributed by atoms with E-state index in [0.29, 0.717) is 29.5 Å². The highest BCUT2D eigenvalue weighted by atomic mass is 35.5. The summed E-state index contributed by atoms with van der Waals surface area (Å²) in [5.74, 6) is 0.942. The number of carbonyl (C=O) groups excluding carboxylic acids is 1. The first-order valence-corrected chi connectivity index (χ1v) is 11.3. The third-order valence-corrected chi connectivity index (χ3v) is 6.68. The highest BCUT2D eigenvalue weighted by Crippen LogP contribution is 2.39. The van der Waals surface area contributed by atoms with Gasteiger partial charge in [0.25, 0.3) is 5.91 Å². The Labute approximate surface area is 193 Å². The van der Waals surface area contributed by atoms with E-state index in [0.717, 1.165) is 27.8 Å². The van der Waals surface area contributed by atoms with Crippen molar-refractivity contribution in [1.29, 1.82) is 0 Å². The second-order valence-electron chi connectivity index (χ2n) is 7.66. The van der Waals surface area contributed by atoms with Crippen molar-refractivity contribution in [3.8, 4) is 22.1 Å². The van der Waals surface area contributed by atoms with Crippen LogP contribution in [0.3, 0.4) is 0 Å². The van der Waals surface area contributed by atoms with E-state index >= 15 is 0 Å². The summed E-state index contributed by atoms with van der Waals surface area (Å²) >= 11 is 7.41. The summed E-state index contributed by atoms with van der Waals surface area (Å²) < 4.78 is 19.8. The zero-order chi connectivity index (χ0) is 22.4. The van der Waals surface area contributed by atoms with Gasteiger partial charge in [0, 0.05) is 29.2 Å². The Hall–Kier alpha value is -3.10. The van der Waals surface area contributed by atoms with Gasteiger partial charge in [0.2, 0.25) is 0 Å². The van der Waals surface area contributed by atoms with Gasteiger partial charge in [-0.2, -0.15) is 4.37 Å². The van der Waals surface area contributed by atoms with Gasteiger partial charge < -0.3 is 9.47 Å². The Balaban J connectivity index is 1.61. The van der Waals surface area contributed by atoms with E-state index in [1.165, 1.54) is 35.8 Å². The Morgan fingerprint density at radius 2 is 1.81 bits per heavy atom. The largest absolute Gasteiger partial charge is 0.329 e. The van der Waals surface area contributed by atoms with Gasteiger partial charge in [-0.1, -0.05) is 23.7 Å². The summed E-state index contributed by atoms with van der Waals surface area (Å²) in [6, 6.07) is 12.9. The van der Waals surface area contributed by atoms with Crippen LogP contribution in [0.5, 0.6) is 0 Å². The molecule has 9 heteroatoms. The minimum atomic E-state index is -0.367. The summed E-state index contributed by atoms with van der Waals surface area (Å²) in [7, 11) is 0. The number of fused-ring (bicyclic) bond motifs is 1. The molecular formula is C23H19ClFN5OS. The third kappa shape index (κ3) is 3.59. The molecule has 32 heavy (non-hydrogen) atoms. The molecular weight excluding hydrogens is 449 g/mol. The number of aromatic nitrogens is 4. The van der Waals surface area contributed by atoms with Crippen LogP contribution in [-0.4, -0.2) is 36.3 Å². The minimum Gasteiger partial charge on any atom is -0.329 e. The highest BCUT2D eigenvalue weighted by Gasteiger charge is 2.34. The average Bonchev–Trinajstić information content (AvgIpc) is 3.39. The zero-order valence-corrected chi connectivity index (χ0v) is 19.0. The van der Waals surface area contributed by atoms with Gasteiger partial charge in [-0.25, -0.2) is 14.4 Å². The van der Waals surface area contributed by atoms with Crippen LogP contribution in [0.1, 0.15) is 34.8 Å². The third-order valence-electron chi connectivity index (χ3n) is 5.62. The Bertz CT molecular complexity index is 1300. The molecule has 162 valence electrons. The maximum Gasteiger partial charge on any atom is 0.254 e. The molecule has 2 aromatic heterocycles. The van der Waals surface area contributed by atoms with Crippen molar-refractivity contribution in [3.63, 3.8) is 0 Å². The topological polar surface area (TPSA) is 63.9 Å². The summed E-state index contributed by atoms with van der Waals surface area (Å²) in [6.07, 6.45) is 0.